The molecule has 2 aliphatic rings. The van der Waals surface area contributed by atoms with E-state index in [0.717, 1.165) is 40.2 Å². The second-order valence-electron chi connectivity index (χ2n) is 9.34. The van der Waals surface area contributed by atoms with Gasteiger partial charge in [0.05, 0.1) is 0 Å². The monoisotopic (exact) mass is 441 g/mol. The summed E-state index contributed by atoms with van der Waals surface area (Å²) >= 11 is 0. The van der Waals surface area contributed by atoms with E-state index in [4.69, 9.17) is 4.74 Å². The summed E-state index contributed by atoms with van der Waals surface area (Å²) in [5, 5.41) is 19.8. The van der Waals surface area contributed by atoms with Crippen molar-refractivity contribution in [2.24, 2.45) is 5.92 Å². The van der Waals surface area contributed by atoms with Gasteiger partial charge in [-0.25, -0.2) is 0 Å². The maximum atomic E-state index is 10.0. The number of allylic oxidation sites excluding steroid dienone is 1. The largest absolute Gasteiger partial charge is 0.508 e. The van der Waals surface area contributed by atoms with E-state index in [1.54, 1.807) is 24.3 Å². The van der Waals surface area contributed by atoms with Gasteiger partial charge >= 0.3 is 0 Å². The van der Waals surface area contributed by atoms with Crippen LogP contribution in [-0.4, -0.2) is 34.7 Å². The van der Waals surface area contributed by atoms with Crippen molar-refractivity contribution in [3.05, 3.63) is 89.0 Å². The Morgan fingerprint density at radius 1 is 0.909 bits per heavy atom. The average molecular weight is 442 g/mol. The number of hydrogen-bond acceptors (Lipinski definition) is 4. The summed E-state index contributed by atoms with van der Waals surface area (Å²) in [6.07, 6.45) is 2.05. The van der Waals surface area contributed by atoms with Crippen LogP contribution in [0.1, 0.15) is 48.6 Å². The molecule has 1 atom stereocenters. The van der Waals surface area contributed by atoms with E-state index >= 15 is 0 Å². The standard InChI is InChI=1S/C29H31NO3/c1-3-14-30-17-21(18-30)15-20-4-6-23(7-5-20)29-28(22-8-10-24(31)11-9-22)19(2)26-13-12-25(32)16-27(26)33-29/h4-13,16,21,29,31-32H,3,14-15,17-18H2,1-2H3/t29-/m0/s1. The number of ether oxygens (including phenoxy) is 1. The molecule has 0 saturated carbocycles. The minimum atomic E-state index is -0.290. The Bertz CT molecular complexity index is 1160. The SMILES string of the molecule is CCCN1CC(Cc2ccc([C@@H]3Oc4cc(O)ccc4C(C)=C3c3ccc(O)cc3)cc2)C1. The molecule has 1 fully saturated rings. The molecular weight excluding hydrogens is 410 g/mol. The lowest BCUT2D eigenvalue weighted by Crippen LogP contribution is -2.47. The predicted molar refractivity (Wildman–Crippen MR) is 132 cm³/mol. The van der Waals surface area contributed by atoms with Crippen molar-refractivity contribution in [2.75, 3.05) is 19.6 Å². The zero-order valence-electron chi connectivity index (χ0n) is 19.3. The molecule has 0 aliphatic carbocycles. The Balaban J connectivity index is 1.44. The van der Waals surface area contributed by atoms with E-state index in [2.05, 4.69) is 43.0 Å². The van der Waals surface area contributed by atoms with Gasteiger partial charge in [0.25, 0.3) is 0 Å². The van der Waals surface area contributed by atoms with Crippen LogP contribution in [0.15, 0.2) is 66.7 Å². The van der Waals surface area contributed by atoms with Gasteiger partial charge in [0.1, 0.15) is 23.4 Å². The molecule has 0 aromatic heterocycles. The van der Waals surface area contributed by atoms with Crippen LogP contribution in [-0.2, 0) is 6.42 Å². The summed E-state index contributed by atoms with van der Waals surface area (Å²) in [5.41, 5.74) is 6.63. The highest BCUT2D eigenvalue weighted by molar-refractivity contribution is 5.95. The summed E-state index contributed by atoms with van der Waals surface area (Å²) in [5.74, 6) is 1.88. The van der Waals surface area contributed by atoms with Gasteiger partial charge in [-0.05, 0) is 78.8 Å². The fourth-order valence-corrected chi connectivity index (χ4v) is 5.16. The van der Waals surface area contributed by atoms with Crippen molar-refractivity contribution in [2.45, 2.75) is 32.8 Å². The number of fused-ring (bicyclic) bond motifs is 1. The Hall–Kier alpha value is -3.24. The highest BCUT2D eigenvalue weighted by Gasteiger charge is 2.30. The highest BCUT2D eigenvalue weighted by atomic mass is 16.5. The van der Waals surface area contributed by atoms with E-state index in [0.29, 0.717) is 5.75 Å². The molecular formula is C29H31NO3. The number of hydrogen-bond donors (Lipinski definition) is 2. The molecule has 2 aliphatic heterocycles. The van der Waals surface area contributed by atoms with Crippen LogP contribution in [0.5, 0.6) is 17.2 Å². The lowest BCUT2D eigenvalue weighted by molar-refractivity contribution is 0.101. The second kappa shape index (κ2) is 8.95. The Morgan fingerprint density at radius 2 is 1.61 bits per heavy atom. The normalized spacial score (nSPS) is 18.5. The van der Waals surface area contributed by atoms with E-state index in [-0.39, 0.29) is 17.6 Å². The van der Waals surface area contributed by atoms with Gasteiger partial charge < -0.3 is 19.8 Å². The Labute approximate surface area is 195 Å². The van der Waals surface area contributed by atoms with E-state index in [1.807, 2.05) is 18.2 Å². The zero-order valence-corrected chi connectivity index (χ0v) is 19.3. The third kappa shape index (κ3) is 4.36. The molecule has 0 amide bonds. The summed E-state index contributed by atoms with van der Waals surface area (Å²) < 4.78 is 6.47. The van der Waals surface area contributed by atoms with Crippen molar-refractivity contribution in [3.63, 3.8) is 0 Å². The fraction of sp³-hybridized carbons (Fsp3) is 0.310. The number of phenolic OH excluding ortho intramolecular Hbond substituents is 2. The van der Waals surface area contributed by atoms with Crippen LogP contribution in [0.25, 0.3) is 11.1 Å². The van der Waals surface area contributed by atoms with Gasteiger partial charge in [0.15, 0.2) is 0 Å². The van der Waals surface area contributed by atoms with Crippen molar-refractivity contribution >= 4 is 11.1 Å². The van der Waals surface area contributed by atoms with Crippen molar-refractivity contribution < 1.29 is 14.9 Å². The second-order valence-corrected chi connectivity index (χ2v) is 9.34. The third-order valence-corrected chi connectivity index (χ3v) is 6.84. The summed E-state index contributed by atoms with van der Waals surface area (Å²) in [6, 6.07) is 21.4. The number of likely N-dealkylation sites (tertiary alicyclic amines) is 1. The van der Waals surface area contributed by atoms with Gasteiger partial charge in [-0.1, -0.05) is 43.3 Å². The topological polar surface area (TPSA) is 52.9 Å². The van der Waals surface area contributed by atoms with Crippen LogP contribution in [0.3, 0.4) is 0 Å². The van der Waals surface area contributed by atoms with Gasteiger partial charge in [-0.15, -0.1) is 0 Å². The number of benzene rings is 3. The van der Waals surface area contributed by atoms with E-state index in [9.17, 15) is 10.2 Å². The quantitative estimate of drug-likeness (QED) is 0.489. The molecule has 0 spiro atoms. The predicted octanol–water partition coefficient (Wildman–Crippen LogP) is 6.05. The lowest BCUT2D eigenvalue weighted by atomic mass is 9.85. The first-order valence-electron chi connectivity index (χ1n) is 11.8. The van der Waals surface area contributed by atoms with Gasteiger partial charge in [-0.3, -0.25) is 0 Å². The number of nitrogens with zero attached hydrogens (tertiary/aromatic N) is 1. The molecule has 3 aromatic rings. The summed E-state index contributed by atoms with van der Waals surface area (Å²) in [7, 11) is 0. The smallest absolute Gasteiger partial charge is 0.150 e. The molecule has 2 heterocycles. The molecule has 2 N–H and O–H groups in total. The number of phenols is 2. The van der Waals surface area contributed by atoms with Crippen LogP contribution in [0.4, 0.5) is 0 Å². The minimum Gasteiger partial charge on any atom is -0.508 e. The number of rotatable bonds is 6. The molecule has 1 saturated heterocycles. The first kappa shape index (κ1) is 21.6. The fourth-order valence-electron chi connectivity index (χ4n) is 5.16. The minimum absolute atomic E-state index is 0.196. The molecule has 5 rings (SSSR count). The molecule has 170 valence electrons. The van der Waals surface area contributed by atoms with Gasteiger partial charge in [0, 0.05) is 30.3 Å². The Kier molecular flexibility index (Phi) is 5.86. The number of aromatic hydroxyl groups is 2. The first-order valence-corrected chi connectivity index (χ1v) is 11.8. The maximum absolute atomic E-state index is 10.0. The molecule has 3 aromatic carbocycles. The molecule has 4 nitrogen and oxygen atoms in total. The average Bonchev–Trinajstić information content (AvgIpc) is 2.79. The van der Waals surface area contributed by atoms with Crippen molar-refractivity contribution in [1.29, 1.82) is 0 Å². The van der Waals surface area contributed by atoms with Gasteiger partial charge in [-0.2, -0.15) is 0 Å². The lowest BCUT2D eigenvalue weighted by Gasteiger charge is -2.39. The summed E-state index contributed by atoms with van der Waals surface area (Å²) in [4.78, 5) is 2.53. The zero-order chi connectivity index (χ0) is 22.9. The Morgan fingerprint density at radius 3 is 2.30 bits per heavy atom. The molecule has 0 bridgehead atoms. The molecule has 0 radical (unpaired) electrons. The highest BCUT2D eigenvalue weighted by Crippen LogP contribution is 2.47. The first-order chi connectivity index (χ1) is 16.0. The third-order valence-electron chi connectivity index (χ3n) is 6.84. The van der Waals surface area contributed by atoms with Crippen LogP contribution < -0.4 is 4.74 Å². The van der Waals surface area contributed by atoms with Crippen LogP contribution in [0, 0.1) is 5.92 Å². The molecule has 4 heteroatoms. The summed E-state index contributed by atoms with van der Waals surface area (Å²) in [6.45, 7) is 7.95. The van der Waals surface area contributed by atoms with E-state index in [1.165, 1.54) is 31.6 Å². The van der Waals surface area contributed by atoms with Gasteiger partial charge in [0.2, 0.25) is 0 Å². The van der Waals surface area contributed by atoms with Crippen molar-refractivity contribution in [3.8, 4) is 17.2 Å². The maximum Gasteiger partial charge on any atom is 0.150 e. The van der Waals surface area contributed by atoms with Crippen LogP contribution in [0.2, 0.25) is 0 Å². The van der Waals surface area contributed by atoms with E-state index < -0.39 is 0 Å². The molecule has 33 heavy (non-hydrogen) atoms. The molecule has 0 unspecified atom stereocenters. The van der Waals surface area contributed by atoms with Crippen LogP contribution >= 0.6 is 0 Å². The van der Waals surface area contributed by atoms with Crippen molar-refractivity contribution in [1.82, 2.24) is 4.90 Å².